The number of halogens is 3. The fourth-order valence-electron chi connectivity index (χ4n) is 3.16. The molecule has 3 aromatic carbocycles. The maximum Gasteiger partial charge on any atom is 0.326 e. The van der Waals surface area contributed by atoms with Crippen molar-refractivity contribution in [3.8, 4) is 0 Å². The van der Waals surface area contributed by atoms with Gasteiger partial charge in [-0.05, 0) is 66.6 Å². The number of nitrogens with one attached hydrogen (secondary N) is 3. The van der Waals surface area contributed by atoms with Gasteiger partial charge in [0.25, 0.3) is 5.91 Å². The molecule has 3 N–H and O–H groups in total. The average molecular weight is 501 g/mol. The number of hydrogen-bond acceptors (Lipinski definition) is 3. The Morgan fingerprint density at radius 3 is 1.94 bits per heavy atom. The minimum absolute atomic E-state index is 0.210. The van der Waals surface area contributed by atoms with Crippen molar-refractivity contribution in [3.05, 3.63) is 89.0 Å². The number of carbonyl (C=O) groups excluding carboxylic acids is 3. The van der Waals surface area contributed by atoms with Crippen molar-refractivity contribution in [2.75, 3.05) is 22.1 Å². The molecule has 0 bridgehead atoms. The largest absolute Gasteiger partial charge is 0.326 e. The highest BCUT2D eigenvalue weighted by Crippen LogP contribution is 2.21. The highest BCUT2D eigenvalue weighted by molar-refractivity contribution is 6.30. The summed E-state index contributed by atoms with van der Waals surface area (Å²) in [5.74, 6) is -3.17. The molecule has 35 heavy (non-hydrogen) atoms. The van der Waals surface area contributed by atoms with E-state index in [-0.39, 0.29) is 11.9 Å². The first kappa shape index (κ1) is 25.6. The topological polar surface area (TPSA) is 90.5 Å². The molecule has 0 aliphatic heterocycles. The molecular weight excluding hydrogens is 478 g/mol. The molecule has 0 aromatic heterocycles. The summed E-state index contributed by atoms with van der Waals surface area (Å²) in [5.41, 5.74) is 0.589. The molecule has 5 amide bonds. The Morgan fingerprint density at radius 2 is 1.40 bits per heavy atom. The Bertz CT molecular complexity index is 1200. The van der Waals surface area contributed by atoms with Crippen LogP contribution in [0.4, 0.5) is 35.4 Å². The summed E-state index contributed by atoms with van der Waals surface area (Å²) in [6, 6.07) is 14.6. The van der Waals surface area contributed by atoms with Gasteiger partial charge < -0.3 is 10.6 Å². The summed E-state index contributed by atoms with van der Waals surface area (Å²) in [4.78, 5) is 38.6. The maximum atomic E-state index is 13.7. The first-order valence-electron chi connectivity index (χ1n) is 10.6. The zero-order valence-corrected chi connectivity index (χ0v) is 19.7. The Hall–Kier alpha value is -3.98. The molecule has 7 nitrogen and oxygen atoms in total. The Kier molecular flexibility index (Phi) is 8.38. The van der Waals surface area contributed by atoms with Gasteiger partial charge in [-0.2, -0.15) is 0 Å². The third kappa shape index (κ3) is 7.00. The highest BCUT2D eigenvalue weighted by atomic mass is 35.5. The van der Waals surface area contributed by atoms with Gasteiger partial charge in [0.05, 0.1) is 0 Å². The molecule has 3 aromatic rings. The third-order valence-electron chi connectivity index (χ3n) is 4.74. The lowest BCUT2D eigenvalue weighted by Crippen LogP contribution is -2.37. The molecule has 0 aliphatic carbocycles. The van der Waals surface area contributed by atoms with Crippen LogP contribution >= 0.6 is 11.6 Å². The van der Waals surface area contributed by atoms with Crippen LogP contribution in [0.25, 0.3) is 0 Å². The molecule has 0 radical (unpaired) electrons. The van der Waals surface area contributed by atoms with Crippen LogP contribution in [0.1, 0.15) is 24.2 Å². The Morgan fingerprint density at radius 1 is 0.857 bits per heavy atom. The van der Waals surface area contributed by atoms with Gasteiger partial charge >= 0.3 is 12.1 Å². The number of rotatable bonds is 6. The van der Waals surface area contributed by atoms with Crippen LogP contribution in [0.3, 0.4) is 0 Å². The normalized spacial score (nSPS) is 10.6. The van der Waals surface area contributed by atoms with Crippen molar-refractivity contribution in [2.45, 2.75) is 13.8 Å². The predicted octanol–water partition coefficient (Wildman–Crippen LogP) is 6.27. The standard InChI is InChI=1S/C25H23ClF2N4O3/c1-15(2)14-32(19-12-6-16(26)7-13-19)25(35)30-18-10-8-17(9-11-18)29-24(34)31-23(33)22-20(27)4-3-5-21(22)28/h3-13,15H,14H2,1-2H3,(H,30,35)(H2,29,31,33,34). The quantitative estimate of drug-likeness (QED) is 0.372. The van der Waals surface area contributed by atoms with Crippen LogP contribution in [0, 0.1) is 17.6 Å². The van der Waals surface area contributed by atoms with Crippen molar-refractivity contribution < 1.29 is 23.2 Å². The molecule has 3 rings (SSSR count). The molecule has 0 fully saturated rings. The van der Waals surface area contributed by atoms with Gasteiger partial charge in [-0.1, -0.05) is 31.5 Å². The molecular formula is C25H23ClF2N4O3. The molecule has 0 saturated carbocycles. The first-order valence-corrected chi connectivity index (χ1v) is 11.0. The second-order valence-corrected chi connectivity index (χ2v) is 8.43. The molecule has 0 spiro atoms. The van der Waals surface area contributed by atoms with Crippen molar-refractivity contribution in [3.63, 3.8) is 0 Å². The van der Waals surface area contributed by atoms with Crippen molar-refractivity contribution in [2.24, 2.45) is 5.92 Å². The predicted molar refractivity (Wildman–Crippen MR) is 132 cm³/mol. The van der Waals surface area contributed by atoms with E-state index in [1.54, 1.807) is 41.3 Å². The lowest BCUT2D eigenvalue weighted by atomic mass is 10.2. The van der Waals surface area contributed by atoms with E-state index in [1.165, 1.54) is 12.1 Å². The number of urea groups is 2. The van der Waals surface area contributed by atoms with Gasteiger partial charge in [-0.3, -0.25) is 15.0 Å². The van der Waals surface area contributed by atoms with Gasteiger partial charge in [0.15, 0.2) is 0 Å². The number of benzene rings is 3. The molecule has 0 heterocycles. The lowest BCUT2D eigenvalue weighted by Gasteiger charge is -2.25. The van der Waals surface area contributed by atoms with Crippen LogP contribution in [0.15, 0.2) is 66.7 Å². The minimum atomic E-state index is -1.21. The van der Waals surface area contributed by atoms with Gasteiger partial charge in [0, 0.05) is 28.6 Å². The van der Waals surface area contributed by atoms with Crippen LogP contribution in [-0.2, 0) is 0 Å². The molecule has 0 saturated heterocycles. The summed E-state index contributed by atoms with van der Waals surface area (Å²) in [6.07, 6.45) is 0. The molecule has 10 heteroatoms. The van der Waals surface area contributed by atoms with Crippen molar-refractivity contribution in [1.82, 2.24) is 5.32 Å². The number of carbonyl (C=O) groups is 3. The number of anilines is 3. The second kappa shape index (κ2) is 11.4. The average Bonchev–Trinajstić information content (AvgIpc) is 2.79. The van der Waals surface area contributed by atoms with E-state index in [1.807, 2.05) is 19.2 Å². The summed E-state index contributed by atoms with van der Waals surface area (Å²) in [7, 11) is 0. The van der Waals surface area contributed by atoms with Crippen LogP contribution < -0.4 is 20.9 Å². The zero-order chi connectivity index (χ0) is 25.5. The summed E-state index contributed by atoms with van der Waals surface area (Å²) >= 11 is 5.95. The van der Waals surface area contributed by atoms with Crippen LogP contribution in [0.5, 0.6) is 0 Å². The molecule has 0 aliphatic rings. The number of hydrogen-bond donors (Lipinski definition) is 3. The van der Waals surface area contributed by atoms with E-state index in [0.717, 1.165) is 18.2 Å². The van der Waals surface area contributed by atoms with E-state index in [0.29, 0.717) is 28.6 Å². The van der Waals surface area contributed by atoms with Crippen molar-refractivity contribution in [1.29, 1.82) is 0 Å². The van der Waals surface area contributed by atoms with Crippen molar-refractivity contribution >= 4 is 46.6 Å². The smallest absolute Gasteiger partial charge is 0.308 e. The van der Waals surface area contributed by atoms with Gasteiger partial charge in [0.1, 0.15) is 17.2 Å². The third-order valence-corrected chi connectivity index (χ3v) is 4.99. The second-order valence-electron chi connectivity index (χ2n) is 7.99. The zero-order valence-electron chi connectivity index (χ0n) is 18.9. The summed E-state index contributed by atoms with van der Waals surface area (Å²) in [5, 5.41) is 7.62. The fraction of sp³-hybridized carbons (Fsp3) is 0.160. The van der Waals surface area contributed by atoms with Crippen LogP contribution in [0.2, 0.25) is 5.02 Å². The van der Waals surface area contributed by atoms with Gasteiger partial charge in [-0.25, -0.2) is 18.4 Å². The van der Waals surface area contributed by atoms with E-state index in [2.05, 4.69) is 10.6 Å². The minimum Gasteiger partial charge on any atom is -0.308 e. The Labute approximate surface area is 206 Å². The highest BCUT2D eigenvalue weighted by Gasteiger charge is 2.20. The van der Waals surface area contributed by atoms with E-state index in [9.17, 15) is 23.2 Å². The Balaban J connectivity index is 1.62. The number of imide groups is 1. The molecule has 182 valence electrons. The summed E-state index contributed by atoms with van der Waals surface area (Å²) in [6.45, 7) is 4.46. The fourth-order valence-corrected chi connectivity index (χ4v) is 3.29. The monoisotopic (exact) mass is 500 g/mol. The van der Waals surface area contributed by atoms with Crippen LogP contribution in [-0.4, -0.2) is 24.5 Å². The van der Waals surface area contributed by atoms with E-state index in [4.69, 9.17) is 11.6 Å². The molecule has 0 unspecified atom stereocenters. The van der Waals surface area contributed by atoms with Gasteiger partial charge in [0.2, 0.25) is 0 Å². The number of nitrogens with zero attached hydrogens (tertiary/aromatic N) is 1. The maximum absolute atomic E-state index is 13.7. The number of amides is 5. The van der Waals surface area contributed by atoms with E-state index < -0.39 is 29.1 Å². The molecule has 0 atom stereocenters. The summed E-state index contributed by atoms with van der Waals surface area (Å²) < 4.78 is 27.4. The van der Waals surface area contributed by atoms with Gasteiger partial charge in [-0.15, -0.1) is 0 Å². The van der Waals surface area contributed by atoms with E-state index >= 15 is 0 Å². The first-order chi connectivity index (χ1) is 16.6. The lowest BCUT2D eigenvalue weighted by molar-refractivity contribution is 0.0959. The SMILES string of the molecule is CC(C)CN(C(=O)Nc1ccc(NC(=O)NC(=O)c2c(F)cccc2F)cc1)c1ccc(Cl)cc1.